The van der Waals surface area contributed by atoms with Crippen molar-refractivity contribution in [3.8, 4) is 5.75 Å². The van der Waals surface area contributed by atoms with Gasteiger partial charge in [0.1, 0.15) is 5.75 Å². The predicted molar refractivity (Wildman–Crippen MR) is 81.1 cm³/mol. The number of nitrogens with zero attached hydrogens (tertiary/aromatic N) is 1. The van der Waals surface area contributed by atoms with Crippen molar-refractivity contribution in [2.45, 2.75) is 25.8 Å². The number of hydrogen-bond donors (Lipinski definition) is 0. The summed E-state index contributed by atoms with van der Waals surface area (Å²) in [6, 6.07) is 7.38. The van der Waals surface area contributed by atoms with Gasteiger partial charge >= 0.3 is 0 Å². The highest BCUT2D eigenvalue weighted by Gasteiger charge is 2.32. The number of benzene rings is 1. The molecule has 6 heteroatoms. The van der Waals surface area contributed by atoms with Gasteiger partial charge in [-0.25, -0.2) is 8.42 Å². The van der Waals surface area contributed by atoms with E-state index in [1.807, 2.05) is 24.3 Å². The largest absolute Gasteiger partial charge is 0.484 e. The third-order valence-electron chi connectivity index (χ3n) is 3.84. The van der Waals surface area contributed by atoms with Crippen LogP contribution in [0.15, 0.2) is 24.3 Å². The lowest BCUT2D eigenvalue weighted by atomic mass is 10.2. The van der Waals surface area contributed by atoms with Gasteiger partial charge in [0.25, 0.3) is 5.91 Å². The lowest BCUT2D eigenvalue weighted by Crippen LogP contribution is -2.40. The first kappa shape index (κ1) is 15.8. The van der Waals surface area contributed by atoms with E-state index in [0.717, 1.165) is 6.42 Å². The van der Waals surface area contributed by atoms with Gasteiger partial charge in [-0.3, -0.25) is 4.79 Å². The first-order chi connectivity index (χ1) is 9.91. The molecule has 0 spiro atoms. The van der Waals surface area contributed by atoms with Crippen molar-refractivity contribution < 1.29 is 17.9 Å². The van der Waals surface area contributed by atoms with E-state index >= 15 is 0 Å². The van der Waals surface area contributed by atoms with E-state index in [1.165, 1.54) is 10.5 Å². The van der Waals surface area contributed by atoms with Crippen LogP contribution in [0.5, 0.6) is 5.75 Å². The highest BCUT2D eigenvalue weighted by atomic mass is 32.2. The average molecular weight is 311 g/mol. The number of rotatable bonds is 5. The van der Waals surface area contributed by atoms with Crippen LogP contribution in [-0.4, -0.2) is 50.4 Å². The van der Waals surface area contributed by atoms with E-state index in [2.05, 4.69) is 6.92 Å². The van der Waals surface area contributed by atoms with Crippen LogP contribution in [0.2, 0.25) is 0 Å². The lowest BCUT2D eigenvalue weighted by Gasteiger charge is -2.23. The van der Waals surface area contributed by atoms with Crippen LogP contribution in [0.25, 0.3) is 0 Å². The van der Waals surface area contributed by atoms with Crippen LogP contribution in [0, 0.1) is 0 Å². The molecule has 5 nitrogen and oxygen atoms in total. The highest BCUT2D eigenvalue weighted by molar-refractivity contribution is 7.91. The smallest absolute Gasteiger partial charge is 0.260 e. The first-order valence-electron chi connectivity index (χ1n) is 7.09. The molecular weight excluding hydrogens is 290 g/mol. The standard InChI is InChI=1S/C15H21NO4S/c1-3-12-4-6-14(7-5-12)20-10-15(17)16(2)13-8-9-21(18,19)11-13/h4-7,13H,3,8-11H2,1-2H3/t13-/m0/s1. The summed E-state index contributed by atoms with van der Waals surface area (Å²) in [5, 5.41) is 0. The van der Waals surface area contributed by atoms with Crippen molar-refractivity contribution in [1.29, 1.82) is 0 Å². The molecule has 0 unspecified atom stereocenters. The van der Waals surface area contributed by atoms with Crippen molar-refractivity contribution in [1.82, 2.24) is 4.90 Å². The molecule has 1 aliphatic rings. The number of ether oxygens (including phenoxy) is 1. The molecule has 0 aliphatic carbocycles. The highest BCUT2D eigenvalue weighted by Crippen LogP contribution is 2.17. The molecule has 1 aliphatic heterocycles. The van der Waals surface area contributed by atoms with Gasteiger partial charge in [-0.05, 0) is 30.5 Å². The maximum atomic E-state index is 12.0. The van der Waals surface area contributed by atoms with Crippen LogP contribution >= 0.6 is 0 Å². The summed E-state index contributed by atoms with van der Waals surface area (Å²) in [7, 11) is -1.35. The van der Waals surface area contributed by atoms with Crippen molar-refractivity contribution in [2.24, 2.45) is 0 Å². The normalized spacial score (nSPS) is 20.2. The van der Waals surface area contributed by atoms with Crippen molar-refractivity contribution in [3.63, 3.8) is 0 Å². The maximum Gasteiger partial charge on any atom is 0.260 e. The van der Waals surface area contributed by atoms with Gasteiger partial charge < -0.3 is 9.64 Å². The van der Waals surface area contributed by atoms with Crippen molar-refractivity contribution in [3.05, 3.63) is 29.8 Å². The Morgan fingerprint density at radius 2 is 2.00 bits per heavy atom. The average Bonchev–Trinajstić information content (AvgIpc) is 2.84. The molecule has 116 valence electrons. The predicted octanol–water partition coefficient (Wildman–Crippen LogP) is 1.27. The summed E-state index contributed by atoms with van der Waals surface area (Å²) < 4.78 is 28.3. The van der Waals surface area contributed by atoms with Gasteiger partial charge in [-0.1, -0.05) is 19.1 Å². The molecule has 0 N–H and O–H groups in total. The van der Waals surface area contributed by atoms with Crippen LogP contribution in [-0.2, 0) is 21.1 Å². The lowest BCUT2D eigenvalue weighted by molar-refractivity contribution is -0.133. The van der Waals surface area contributed by atoms with Gasteiger partial charge in [-0.15, -0.1) is 0 Å². The number of sulfone groups is 1. The second-order valence-corrected chi connectivity index (χ2v) is 7.58. The molecule has 1 heterocycles. The summed E-state index contributed by atoms with van der Waals surface area (Å²) in [6.45, 7) is 2.00. The molecule has 2 rings (SSSR count). The molecule has 1 aromatic carbocycles. The third-order valence-corrected chi connectivity index (χ3v) is 5.59. The number of hydrogen-bond acceptors (Lipinski definition) is 4. The van der Waals surface area contributed by atoms with Gasteiger partial charge in [0.05, 0.1) is 11.5 Å². The Bertz CT molecular complexity index is 595. The van der Waals surface area contributed by atoms with Crippen LogP contribution < -0.4 is 4.74 Å². The Hall–Kier alpha value is -1.56. The zero-order valence-corrected chi connectivity index (χ0v) is 13.2. The Kier molecular flexibility index (Phi) is 4.88. The Balaban J connectivity index is 1.86. The summed E-state index contributed by atoms with van der Waals surface area (Å²) in [5.41, 5.74) is 1.21. The van der Waals surface area contributed by atoms with Crippen LogP contribution in [0.1, 0.15) is 18.9 Å². The van der Waals surface area contributed by atoms with E-state index in [0.29, 0.717) is 12.2 Å². The first-order valence-corrected chi connectivity index (χ1v) is 8.91. The molecule has 1 amide bonds. The molecule has 1 atom stereocenters. The van der Waals surface area contributed by atoms with Crippen molar-refractivity contribution >= 4 is 15.7 Å². The monoisotopic (exact) mass is 311 g/mol. The topological polar surface area (TPSA) is 63.7 Å². The summed E-state index contributed by atoms with van der Waals surface area (Å²) in [5.74, 6) is 0.666. The van der Waals surface area contributed by atoms with E-state index in [4.69, 9.17) is 4.74 Å². The zero-order chi connectivity index (χ0) is 15.5. The number of likely N-dealkylation sites (N-methyl/N-ethyl adjacent to an activating group) is 1. The molecule has 21 heavy (non-hydrogen) atoms. The summed E-state index contributed by atoms with van der Waals surface area (Å²) in [4.78, 5) is 13.5. The number of amides is 1. The second-order valence-electron chi connectivity index (χ2n) is 5.35. The Labute approximate surface area is 125 Å². The Morgan fingerprint density at radius 1 is 1.33 bits per heavy atom. The number of carbonyl (C=O) groups is 1. The minimum atomic E-state index is -2.98. The minimum absolute atomic E-state index is 0.0560. The van der Waals surface area contributed by atoms with Crippen molar-refractivity contribution in [2.75, 3.05) is 25.2 Å². The summed E-state index contributed by atoms with van der Waals surface area (Å²) in [6.07, 6.45) is 1.47. The van der Waals surface area contributed by atoms with E-state index in [-0.39, 0.29) is 30.1 Å². The fourth-order valence-electron chi connectivity index (χ4n) is 2.35. The molecule has 1 fully saturated rings. The molecule has 0 bridgehead atoms. The fourth-order valence-corrected chi connectivity index (χ4v) is 4.13. The SMILES string of the molecule is CCc1ccc(OCC(=O)N(C)[C@H]2CCS(=O)(=O)C2)cc1. The van der Waals surface area contributed by atoms with E-state index < -0.39 is 9.84 Å². The second kappa shape index (κ2) is 6.47. The quantitative estimate of drug-likeness (QED) is 0.821. The van der Waals surface area contributed by atoms with Gasteiger partial charge in [0.2, 0.25) is 0 Å². The van der Waals surface area contributed by atoms with Gasteiger partial charge in [0.15, 0.2) is 16.4 Å². The van der Waals surface area contributed by atoms with Crippen LogP contribution in [0.4, 0.5) is 0 Å². The zero-order valence-electron chi connectivity index (χ0n) is 12.4. The maximum absolute atomic E-state index is 12.0. The van der Waals surface area contributed by atoms with Gasteiger partial charge in [-0.2, -0.15) is 0 Å². The Morgan fingerprint density at radius 3 is 2.52 bits per heavy atom. The molecule has 0 saturated carbocycles. The molecule has 1 saturated heterocycles. The third kappa shape index (κ3) is 4.20. The van der Waals surface area contributed by atoms with E-state index in [9.17, 15) is 13.2 Å². The molecule has 1 aromatic rings. The fraction of sp³-hybridized carbons (Fsp3) is 0.533. The molecule has 0 aromatic heterocycles. The van der Waals surface area contributed by atoms with Crippen LogP contribution in [0.3, 0.4) is 0 Å². The minimum Gasteiger partial charge on any atom is -0.484 e. The van der Waals surface area contributed by atoms with E-state index in [1.54, 1.807) is 7.05 Å². The summed E-state index contributed by atoms with van der Waals surface area (Å²) >= 11 is 0. The number of carbonyl (C=O) groups excluding carboxylic acids is 1. The van der Waals surface area contributed by atoms with Gasteiger partial charge in [0, 0.05) is 13.1 Å². The molecular formula is C15H21NO4S. The molecule has 0 radical (unpaired) electrons. The number of aryl methyl sites for hydroxylation is 1.